The number of hydrazone groups is 1. The highest BCUT2D eigenvalue weighted by molar-refractivity contribution is 6.31. The largest absolute Gasteiger partial charge is 0.363 e. The molecule has 1 saturated heterocycles. The molecule has 1 amide bonds. The maximum atomic E-state index is 14.3. The Morgan fingerprint density at radius 1 is 1.03 bits per heavy atom. The Kier molecular flexibility index (Phi) is 4.85. The molecule has 3 aliphatic rings. The predicted molar refractivity (Wildman–Crippen MR) is 135 cm³/mol. The molecule has 3 aromatic rings. The topological polar surface area (TPSA) is 64.9 Å². The Bertz CT molecular complexity index is 1290. The fourth-order valence-electron chi connectivity index (χ4n) is 5.58. The van der Waals surface area contributed by atoms with Crippen LogP contribution < -0.4 is 14.8 Å². The summed E-state index contributed by atoms with van der Waals surface area (Å²) < 4.78 is 0. The molecular weight excluding hydrogens is 448 g/mol. The number of aromatic nitrogens is 2. The maximum Gasteiger partial charge on any atom is 0.261 e. The van der Waals surface area contributed by atoms with E-state index in [0.29, 0.717) is 23.9 Å². The van der Waals surface area contributed by atoms with Crippen molar-refractivity contribution in [1.29, 1.82) is 0 Å². The molecule has 2 aromatic carbocycles. The Labute approximate surface area is 203 Å². The minimum absolute atomic E-state index is 0.0142. The van der Waals surface area contributed by atoms with Crippen molar-refractivity contribution < 1.29 is 4.79 Å². The van der Waals surface area contributed by atoms with Gasteiger partial charge >= 0.3 is 0 Å². The van der Waals surface area contributed by atoms with Gasteiger partial charge in [0.1, 0.15) is 5.41 Å². The minimum Gasteiger partial charge on any atom is -0.363 e. The number of hydrogen-bond donors (Lipinski definition) is 0. The highest BCUT2D eigenvalue weighted by Crippen LogP contribution is 2.48. The van der Waals surface area contributed by atoms with Gasteiger partial charge in [-0.25, -0.2) is 9.97 Å². The molecule has 34 heavy (non-hydrogen) atoms. The summed E-state index contributed by atoms with van der Waals surface area (Å²) in [6.45, 7) is 6.14. The fraction of sp³-hybridized carbons (Fsp3) is 0.308. The first-order valence-corrected chi connectivity index (χ1v) is 11.9. The lowest BCUT2D eigenvalue weighted by atomic mass is 9.67. The first-order valence-electron chi connectivity index (χ1n) is 11.5. The standard InChI is InChI=1S/C26H25ClN6O/c1-17-4-8-21(9-5-17)33-24(34)26(18(2)30-33)15-19-6-7-20(27)14-22(19)32-13-12-31(16-23(26)32)25-28-10-3-11-29-25/h3-11,14,23H,12-13,15-16H2,1-2H3/t23-,26-/m0/s1. The van der Waals surface area contributed by atoms with E-state index in [-0.39, 0.29) is 11.9 Å². The summed E-state index contributed by atoms with van der Waals surface area (Å²) in [5, 5.41) is 7.11. The molecule has 8 heteroatoms. The summed E-state index contributed by atoms with van der Waals surface area (Å²) in [5.41, 5.74) is 4.22. The molecule has 7 nitrogen and oxygen atoms in total. The second-order valence-corrected chi connectivity index (χ2v) is 9.70. The molecule has 172 valence electrons. The van der Waals surface area contributed by atoms with Crippen LogP contribution in [0.5, 0.6) is 0 Å². The first kappa shape index (κ1) is 21.1. The average Bonchev–Trinajstić information content (AvgIpc) is 3.11. The number of amides is 1. The van der Waals surface area contributed by atoms with Gasteiger partial charge in [0.05, 0.1) is 17.4 Å². The number of hydrogen-bond acceptors (Lipinski definition) is 6. The lowest BCUT2D eigenvalue weighted by molar-refractivity contribution is -0.125. The van der Waals surface area contributed by atoms with E-state index >= 15 is 0 Å². The number of halogens is 1. The van der Waals surface area contributed by atoms with Crippen LogP contribution in [0.2, 0.25) is 5.02 Å². The molecule has 0 unspecified atom stereocenters. The third kappa shape index (κ3) is 3.10. The molecule has 0 saturated carbocycles. The number of carbonyl (C=O) groups is 1. The third-order valence-electron chi connectivity index (χ3n) is 7.36. The molecule has 6 rings (SSSR count). The molecule has 0 aliphatic carbocycles. The summed E-state index contributed by atoms with van der Waals surface area (Å²) in [7, 11) is 0. The average molecular weight is 473 g/mol. The summed E-state index contributed by atoms with van der Waals surface area (Å²) in [5.74, 6) is 0.699. The van der Waals surface area contributed by atoms with Gasteiger partial charge in [0.15, 0.2) is 0 Å². The SMILES string of the molecule is CC1=NN(c2ccc(C)cc2)C(=O)[C@@]12Cc1ccc(Cl)cc1N1CCN(c3ncccn3)C[C@H]12. The summed E-state index contributed by atoms with van der Waals surface area (Å²) in [6.07, 6.45) is 4.10. The number of carbonyl (C=O) groups excluding carboxylic acids is 1. The van der Waals surface area contributed by atoms with Crippen molar-refractivity contribution in [3.05, 3.63) is 77.1 Å². The van der Waals surface area contributed by atoms with E-state index in [1.54, 1.807) is 17.4 Å². The normalized spacial score (nSPS) is 23.7. The molecule has 0 radical (unpaired) electrons. The van der Waals surface area contributed by atoms with Crippen LogP contribution in [0.1, 0.15) is 18.1 Å². The van der Waals surface area contributed by atoms with E-state index in [9.17, 15) is 4.79 Å². The van der Waals surface area contributed by atoms with E-state index in [1.165, 1.54) is 0 Å². The quantitative estimate of drug-likeness (QED) is 0.562. The zero-order valence-corrected chi connectivity index (χ0v) is 19.9. The van der Waals surface area contributed by atoms with Crippen LogP contribution in [0.4, 0.5) is 17.3 Å². The van der Waals surface area contributed by atoms with Gasteiger partial charge in [-0.1, -0.05) is 35.4 Å². The molecule has 1 aromatic heterocycles. The number of anilines is 3. The fourth-order valence-corrected chi connectivity index (χ4v) is 5.74. The van der Waals surface area contributed by atoms with E-state index < -0.39 is 5.41 Å². The lowest BCUT2D eigenvalue weighted by Gasteiger charge is -2.53. The molecule has 0 bridgehead atoms. The summed E-state index contributed by atoms with van der Waals surface area (Å²) >= 11 is 6.40. The van der Waals surface area contributed by atoms with Gasteiger partial charge in [-0.3, -0.25) is 4.79 Å². The smallest absolute Gasteiger partial charge is 0.261 e. The number of piperazine rings is 1. The Hall–Kier alpha value is -3.45. The molecule has 3 aliphatic heterocycles. The van der Waals surface area contributed by atoms with Crippen LogP contribution in [0.15, 0.2) is 66.0 Å². The number of benzene rings is 2. The molecule has 1 spiro atoms. The highest BCUT2D eigenvalue weighted by atomic mass is 35.5. The van der Waals surface area contributed by atoms with E-state index in [1.807, 2.05) is 56.3 Å². The van der Waals surface area contributed by atoms with Gasteiger partial charge in [-0.15, -0.1) is 0 Å². The summed E-state index contributed by atoms with van der Waals surface area (Å²) in [4.78, 5) is 27.7. The Morgan fingerprint density at radius 2 is 1.79 bits per heavy atom. The van der Waals surface area contributed by atoms with Crippen LogP contribution in [0.25, 0.3) is 0 Å². The van der Waals surface area contributed by atoms with Gasteiger partial charge in [-0.05, 0) is 56.2 Å². The van der Waals surface area contributed by atoms with E-state index in [0.717, 1.165) is 41.3 Å². The van der Waals surface area contributed by atoms with Crippen LogP contribution in [0.3, 0.4) is 0 Å². The van der Waals surface area contributed by atoms with Crippen LogP contribution in [0, 0.1) is 12.3 Å². The second kappa shape index (κ2) is 7.81. The lowest BCUT2D eigenvalue weighted by Crippen LogP contribution is -2.67. The van der Waals surface area contributed by atoms with Crippen LogP contribution >= 0.6 is 11.6 Å². The predicted octanol–water partition coefficient (Wildman–Crippen LogP) is 4.10. The summed E-state index contributed by atoms with van der Waals surface area (Å²) in [6, 6.07) is 15.6. The first-order chi connectivity index (χ1) is 16.5. The van der Waals surface area contributed by atoms with Crippen molar-refractivity contribution in [3.63, 3.8) is 0 Å². The monoisotopic (exact) mass is 472 g/mol. The van der Waals surface area contributed by atoms with Crippen molar-refractivity contribution in [2.45, 2.75) is 26.3 Å². The van der Waals surface area contributed by atoms with Crippen molar-refractivity contribution in [2.75, 3.05) is 34.4 Å². The van der Waals surface area contributed by atoms with Crippen molar-refractivity contribution in [2.24, 2.45) is 10.5 Å². The second-order valence-electron chi connectivity index (χ2n) is 9.26. The zero-order chi connectivity index (χ0) is 23.4. The third-order valence-corrected chi connectivity index (χ3v) is 7.59. The van der Waals surface area contributed by atoms with Crippen LogP contribution in [-0.4, -0.2) is 47.3 Å². The van der Waals surface area contributed by atoms with Crippen LogP contribution in [-0.2, 0) is 11.2 Å². The Morgan fingerprint density at radius 3 is 2.56 bits per heavy atom. The van der Waals surface area contributed by atoms with Gasteiger partial charge in [0.2, 0.25) is 5.95 Å². The number of rotatable bonds is 2. The molecule has 1 fully saturated rings. The van der Waals surface area contributed by atoms with Gasteiger partial charge in [0.25, 0.3) is 5.91 Å². The van der Waals surface area contributed by atoms with Crippen molar-refractivity contribution >= 4 is 40.5 Å². The molecule has 2 atom stereocenters. The highest BCUT2D eigenvalue weighted by Gasteiger charge is 2.60. The number of nitrogens with zero attached hydrogens (tertiary/aromatic N) is 6. The van der Waals surface area contributed by atoms with E-state index in [4.69, 9.17) is 16.7 Å². The van der Waals surface area contributed by atoms with Crippen molar-refractivity contribution in [3.8, 4) is 0 Å². The number of aryl methyl sites for hydroxylation is 1. The van der Waals surface area contributed by atoms with E-state index in [2.05, 4.69) is 25.8 Å². The van der Waals surface area contributed by atoms with Crippen molar-refractivity contribution in [1.82, 2.24) is 9.97 Å². The Balaban J connectivity index is 1.46. The molecular formula is C26H25ClN6O. The molecule has 0 N–H and O–H groups in total. The van der Waals surface area contributed by atoms with Gasteiger partial charge in [0, 0.05) is 42.7 Å². The maximum absolute atomic E-state index is 14.3. The van der Waals surface area contributed by atoms with Gasteiger partial charge < -0.3 is 9.80 Å². The minimum atomic E-state index is -0.779. The number of fused-ring (bicyclic) bond motifs is 4. The molecule has 4 heterocycles. The van der Waals surface area contributed by atoms with Gasteiger partial charge in [-0.2, -0.15) is 10.1 Å². The zero-order valence-electron chi connectivity index (χ0n) is 19.1.